The average molecular weight is 321 g/mol. The summed E-state index contributed by atoms with van der Waals surface area (Å²) in [4.78, 5) is 26.1. The largest absolute Gasteiger partial charge is 0.343 e. The number of piperidine rings is 1. The number of carbonyl (C=O) groups excluding carboxylic acids is 2. The van der Waals surface area contributed by atoms with Gasteiger partial charge >= 0.3 is 0 Å². The SMILES string of the molecule is CNCCCC(=O)N1CCC(C(=O)Nc2ccc(F)cc2)CC1. The van der Waals surface area contributed by atoms with Gasteiger partial charge in [-0.25, -0.2) is 4.39 Å². The highest BCUT2D eigenvalue weighted by Gasteiger charge is 2.27. The van der Waals surface area contributed by atoms with Crippen molar-refractivity contribution in [1.29, 1.82) is 0 Å². The molecule has 0 radical (unpaired) electrons. The molecule has 1 saturated heterocycles. The molecule has 126 valence electrons. The predicted octanol–water partition coefficient (Wildman–Crippen LogP) is 2.00. The van der Waals surface area contributed by atoms with Crippen LogP contribution < -0.4 is 10.6 Å². The van der Waals surface area contributed by atoms with E-state index in [1.54, 1.807) is 12.1 Å². The summed E-state index contributed by atoms with van der Waals surface area (Å²) in [5.74, 6) is -0.314. The Hall–Kier alpha value is -1.95. The first kappa shape index (κ1) is 17.4. The molecule has 0 spiro atoms. The van der Waals surface area contributed by atoms with E-state index in [0.29, 0.717) is 38.0 Å². The molecule has 0 atom stereocenters. The van der Waals surface area contributed by atoms with Gasteiger partial charge in [-0.2, -0.15) is 0 Å². The highest BCUT2D eigenvalue weighted by atomic mass is 19.1. The lowest BCUT2D eigenvalue weighted by atomic mass is 9.95. The molecule has 2 amide bonds. The molecule has 1 aliphatic rings. The molecule has 6 heteroatoms. The highest BCUT2D eigenvalue weighted by Crippen LogP contribution is 2.20. The average Bonchev–Trinajstić information content (AvgIpc) is 2.57. The van der Waals surface area contributed by atoms with Crippen LogP contribution in [0.15, 0.2) is 24.3 Å². The molecule has 0 aliphatic carbocycles. The van der Waals surface area contributed by atoms with Crippen molar-refractivity contribution in [3.05, 3.63) is 30.1 Å². The van der Waals surface area contributed by atoms with Gasteiger partial charge in [0.15, 0.2) is 0 Å². The minimum Gasteiger partial charge on any atom is -0.343 e. The summed E-state index contributed by atoms with van der Waals surface area (Å²) in [6.45, 7) is 2.09. The van der Waals surface area contributed by atoms with Crippen LogP contribution in [0.1, 0.15) is 25.7 Å². The van der Waals surface area contributed by atoms with Crippen molar-refractivity contribution in [2.24, 2.45) is 5.92 Å². The minimum absolute atomic E-state index is 0.0566. The van der Waals surface area contributed by atoms with Crippen LogP contribution in [0.2, 0.25) is 0 Å². The summed E-state index contributed by atoms with van der Waals surface area (Å²) >= 11 is 0. The fourth-order valence-electron chi connectivity index (χ4n) is 2.74. The van der Waals surface area contributed by atoms with E-state index in [0.717, 1.165) is 13.0 Å². The Balaban J connectivity index is 1.76. The molecule has 5 nitrogen and oxygen atoms in total. The number of carbonyl (C=O) groups is 2. The van der Waals surface area contributed by atoms with E-state index in [1.165, 1.54) is 12.1 Å². The summed E-state index contributed by atoms with van der Waals surface area (Å²) in [7, 11) is 1.87. The molecule has 1 aliphatic heterocycles. The summed E-state index contributed by atoms with van der Waals surface area (Å²) in [5, 5.41) is 5.83. The van der Waals surface area contributed by atoms with E-state index >= 15 is 0 Å². The van der Waals surface area contributed by atoms with Crippen LogP contribution in [-0.4, -0.2) is 43.4 Å². The van der Waals surface area contributed by atoms with Crippen molar-refractivity contribution in [3.63, 3.8) is 0 Å². The highest BCUT2D eigenvalue weighted by molar-refractivity contribution is 5.92. The second-order valence-electron chi connectivity index (χ2n) is 5.86. The predicted molar refractivity (Wildman–Crippen MR) is 87.5 cm³/mol. The Morgan fingerprint density at radius 2 is 1.87 bits per heavy atom. The van der Waals surface area contributed by atoms with Gasteiger partial charge in [0.25, 0.3) is 0 Å². The fraction of sp³-hybridized carbons (Fsp3) is 0.529. The normalized spacial score (nSPS) is 15.5. The van der Waals surface area contributed by atoms with Crippen LogP contribution in [0.25, 0.3) is 0 Å². The first-order chi connectivity index (χ1) is 11.1. The number of amides is 2. The smallest absolute Gasteiger partial charge is 0.227 e. The lowest BCUT2D eigenvalue weighted by molar-refractivity contribution is -0.134. The summed E-state index contributed by atoms with van der Waals surface area (Å²) in [5.41, 5.74) is 0.599. The van der Waals surface area contributed by atoms with Crippen LogP contribution in [-0.2, 0) is 9.59 Å². The van der Waals surface area contributed by atoms with Gasteiger partial charge in [0.1, 0.15) is 5.82 Å². The number of benzene rings is 1. The number of hydrogen-bond donors (Lipinski definition) is 2. The Morgan fingerprint density at radius 1 is 1.22 bits per heavy atom. The van der Waals surface area contributed by atoms with Crippen LogP contribution >= 0.6 is 0 Å². The molecule has 1 aromatic rings. The molecule has 2 rings (SSSR count). The summed E-state index contributed by atoms with van der Waals surface area (Å²) < 4.78 is 12.9. The molecule has 0 saturated carbocycles. The first-order valence-corrected chi connectivity index (χ1v) is 8.09. The van der Waals surface area contributed by atoms with E-state index < -0.39 is 0 Å². The van der Waals surface area contributed by atoms with E-state index in [9.17, 15) is 14.0 Å². The molecule has 2 N–H and O–H groups in total. The fourth-order valence-corrected chi connectivity index (χ4v) is 2.74. The van der Waals surface area contributed by atoms with Crippen LogP contribution in [0.4, 0.5) is 10.1 Å². The van der Waals surface area contributed by atoms with Crippen molar-refractivity contribution >= 4 is 17.5 Å². The monoisotopic (exact) mass is 321 g/mol. The lowest BCUT2D eigenvalue weighted by Crippen LogP contribution is -2.41. The zero-order valence-electron chi connectivity index (χ0n) is 13.5. The molecule has 1 fully saturated rings. The third-order valence-electron chi connectivity index (χ3n) is 4.15. The quantitative estimate of drug-likeness (QED) is 0.788. The Kier molecular flexibility index (Phi) is 6.52. The second-order valence-corrected chi connectivity index (χ2v) is 5.86. The van der Waals surface area contributed by atoms with Gasteiger partial charge in [0, 0.05) is 31.1 Å². The molecule has 0 bridgehead atoms. The number of nitrogens with one attached hydrogen (secondary N) is 2. The maximum absolute atomic E-state index is 12.9. The standard InChI is InChI=1S/C17H24FN3O2/c1-19-10-2-3-16(22)21-11-8-13(9-12-21)17(23)20-15-6-4-14(18)5-7-15/h4-7,13,19H,2-3,8-12H2,1H3,(H,20,23). The number of halogens is 1. The van der Waals surface area contributed by atoms with Gasteiger partial charge in [0.05, 0.1) is 0 Å². The zero-order valence-corrected chi connectivity index (χ0v) is 13.5. The van der Waals surface area contributed by atoms with Gasteiger partial charge in [0.2, 0.25) is 11.8 Å². The van der Waals surface area contributed by atoms with Crippen molar-refractivity contribution in [3.8, 4) is 0 Å². The molecule has 23 heavy (non-hydrogen) atoms. The van der Waals surface area contributed by atoms with E-state index in [1.807, 2.05) is 11.9 Å². The van der Waals surface area contributed by atoms with Gasteiger partial charge in [-0.15, -0.1) is 0 Å². The van der Waals surface area contributed by atoms with Gasteiger partial charge < -0.3 is 15.5 Å². The molecule has 1 aromatic carbocycles. The van der Waals surface area contributed by atoms with E-state index in [-0.39, 0.29) is 23.5 Å². The first-order valence-electron chi connectivity index (χ1n) is 8.09. The number of rotatable bonds is 6. The Labute approximate surface area is 136 Å². The van der Waals surface area contributed by atoms with Gasteiger partial charge in [-0.05, 0) is 57.1 Å². The Bertz CT molecular complexity index is 525. The van der Waals surface area contributed by atoms with E-state index in [4.69, 9.17) is 0 Å². The van der Waals surface area contributed by atoms with Gasteiger partial charge in [-0.1, -0.05) is 0 Å². The lowest BCUT2D eigenvalue weighted by Gasteiger charge is -2.31. The second kappa shape index (κ2) is 8.62. The maximum Gasteiger partial charge on any atom is 0.227 e. The molecular formula is C17H24FN3O2. The number of nitrogens with zero attached hydrogens (tertiary/aromatic N) is 1. The van der Waals surface area contributed by atoms with Crippen molar-refractivity contribution in [2.75, 3.05) is 32.0 Å². The van der Waals surface area contributed by atoms with Crippen molar-refractivity contribution in [1.82, 2.24) is 10.2 Å². The van der Waals surface area contributed by atoms with Crippen LogP contribution in [0.3, 0.4) is 0 Å². The van der Waals surface area contributed by atoms with Gasteiger partial charge in [-0.3, -0.25) is 9.59 Å². The number of hydrogen-bond acceptors (Lipinski definition) is 3. The molecule has 0 unspecified atom stereocenters. The summed E-state index contributed by atoms with van der Waals surface area (Å²) in [6.07, 6.45) is 2.73. The van der Waals surface area contributed by atoms with Crippen molar-refractivity contribution in [2.45, 2.75) is 25.7 Å². The van der Waals surface area contributed by atoms with Crippen LogP contribution in [0.5, 0.6) is 0 Å². The third-order valence-corrected chi connectivity index (χ3v) is 4.15. The minimum atomic E-state index is -0.326. The summed E-state index contributed by atoms with van der Waals surface area (Å²) in [6, 6.07) is 5.74. The zero-order chi connectivity index (χ0) is 16.7. The maximum atomic E-state index is 12.9. The van der Waals surface area contributed by atoms with Crippen LogP contribution in [0, 0.1) is 11.7 Å². The topological polar surface area (TPSA) is 61.4 Å². The number of likely N-dealkylation sites (tertiary alicyclic amines) is 1. The Morgan fingerprint density at radius 3 is 2.48 bits per heavy atom. The van der Waals surface area contributed by atoms with Crippen molar-refractivity contribution < 1.29 is 14.0 Å². The molecular weight excluding hydrogens is 297 g/mol. The molecule has 1 heterocycles. The molecule has 0 aromatic heterocycles. The third kappa shape index (κ3) is 5.32. The number of anilines is 1. The van der Waals surface area contributed by atoms with E-state index in [2.05, 4.69) is 10.6 Å².